The summed E-state index contributed by atoms with van der Waals surface area (Å²) < 4.78 is 47.8. The molecular weight excluding hydrogens is 697 g/mol. The van der Waals surface area contributed by atoms with Gasteiger partial charge in [0.2, 0.25) is 15.9 Å². The summed E-state index contributed by atoms with van der Waals surface area (Å²) in [6, 6.07) is 37.5. The molecule has 270 valence electrons. The van der Waals surface area contributed by atoms with Gasteiger partial charge in [-0.25, -0.2) is 8.42 Å². The Bertz CT molecular complexity index is 2030. The molecule has 0 spiro atoms. The number of anilines is 1. The maximum atomic E-state index is 13.7. The molecular formula is C41H42N2O7S2. The Hall–Kier alpha value is -4.49. The van der Waals surface area contributed by atoms with Gasteiger partial charge in [-0.1, -0.05) is 96.6 Å². The van der Waals surface area contributed by atoms with E-state index in [-0.39, 0.29) is 30.1 Å². The number of para-hydroxylation sites is 1. The second-order valence-corrected chi connectivity index (χ2v) is 15.4. The van der Waals surface area contributed by atoms with Gasteiger partial charge in [0.05, 0.1) is 30.8 Å². The molecule has 0 aromatic heterocycles. The summed E-state index contributed by atoms with van der Waals surface area (Å²) in [5.74, 6) is 0.983. The van der Waals surface area contributed by atoms with Crippen LogP contribution >= 0.6 is 11.8 Å². The normalized spacial score (nSPS) is 18.0. The molecule has 1 heterocycles. The van der Waals surface area contributed by atoms with Crippen molar-refractivity contribution in [3.63, 3.8) is 0 Å². The van der Waals surface area contributed by atoms with Crippen molar-refractivity contribution in [2.75, 3.05) is 18.2 Å². The van der Waals surface area contributed by atoms with Crippen molar-refractivity contribution < 1.29 is 32.5 Å². The molecule has 0 bridgehead atoms. The van der Waals surface area contributed by atoms with Crippen LogP contribution in [0.2, 0.25) is 0 Å². The van der Waals surface area contributed by atoms with Crippen molar-refractivity contribution in [2.45, 2.75) is 60.7 Å². The topological polar surface area (TPSA) is 123 Å². The number of thioether (sulfide) groups is 1. The van der Waals surface area contributed by atoms with Gasteiger partial charge < -0.3 is 24.6 Å². The first-order valence-electron chi connectivity index (χ1n) is 17.0. The largest absolute Gasteiger partial charge is 0.496 e. The van der Waals surface area contributed by atoms with E-state index in [0.717, 1.165) is 38.5 Å². The maximum absolute atomic E-state index is 13.7. The highest BCUT2D eigenvalue weighted by atomic mass is 32.2. The number of aliphatic hydroxyl groups excluding tert-OH is 1. The van der Waals surface area contributed by atoms with Gasteiger partial charge >= 0.3 is 0 Å². The number of sulfonamides is 1. The first kappa shape index (κ1) is 37.3. The number of ether oxygens (including phenoxy) is 3. The average Bonchev–Trinajstić information content (AvgIpc) is 3.17. The lowest BCUT2D eigenvalue weighted by Gasteiger charge is -2.36. The van der Waals surface area contributed by atoms with Gasteiger partial charge in [-0.2, -0.15) is 4.72 Å². The Morgan fingerprint density at radius 1 is 0.846 bits per heavy atom. The number of aryl methyl sites for hydroxylation is 1. The first-order chi connectivity index (χ1) is 25.2. The summed E-state index contributed by atoms with van der Waals surface area (Å²) in [4.78, 5) is 14.8. The Morgan fingerprint density at radius 3 is 2.21 bits per heavy atom. The predicted octanol–water partition coefficient (Wildman–Crippen LogP) is 7.36. The van der Waals surface area contributed by atoms with Crippen molar-refractivity contribution in [2.24, 2.45) is 0 Å². The molecule has 1 amide bonds. The SMILES string of the molecule is COc1ccccc1SC[C@@H]1C[C@H](c2ccc(CO)cc2)O[C@H](c2ccc(NC(=O)[C@@H](Cc3ccccc3)NS(=O)(=O)c3ccc(C)cc3)cc2)O1. The molecule has 3 N–H and O–H groups in total. The van der Waals surface area contributed by atoms with Crippen LogP contribution in [-0.2, 0) is 37.3 Å². The molecule has 1 aliphatic rings. The van der Waals surface area contributed by atoms with E-state index in [2.05, 4.69) is 10.0 Å². The Morgan fingerprint density at radius 2 is 1.52 bits per heavy atom. The summed E-state index contributed by atoms with van der Waals surface area (Å²) >= 11 is 1.66. The van der Waals surface area contributed by atoms with Crippen LogP contribution < -0.4 is 14.8 Å². The van der Waals surface area contributed by atoms with Crippen LogP contribution in [0.3, 0.4) is 0 Å². The smallest absolute Gasteiger partial charge is 0.242 e. The number of carbonyl (C=O) groups excluding carboxylic acids is 1. The Labute approximate surface area is 309 Å². The molecule has 1 fully saturated rings. The lowest BCUT2D eigenvalue weighted by atomic mass is 10.0. The van der Waals surface area contributed by atoms with Crippen molar-refractivity contribution in [1.82, 2.24) is 4.72 Å². The zero-order chi connectivity index (χ0) is 36.5. The standard InChI is InChI=1S/C41H42N2O7S2/c1-28-12-22-35(23-13-28)52(46,47)43-36(24-29-8-4-3-5-9-29)40(45)42-33-20-18-32(19-21-33)41-49-34(27-51-39-11-7-6-10-37(39)48-2)25-38(50-41)31-16-14-30(26-44)15-17-31/h3-23,34,36,38,41,43-44H,24-27H2,1-2H3,(H,42,45)/t34-,36+,38+,41+/m0/s1. The van der Waals surface area contributed by atoms with Gasteiger partial charge in [-0.15, -0.1) is 11.8 Å². The predicted molar refractivity (Wildman–Crippen MR) is 203 cm³/mol. The van der Waals surface area contributed by atoms with E-state index >= 15 is 0 Å². The van der Waals surface area contributed by atoms with E-state index in [0.29, 0.717) is 17.9 Å². The molecule has 52 heavy (non-hydrogen) atoms. The number of hydrogen-bond donors (Lipinski definition) is 3. The van der Waals surface area contributed by atoms with Crippen molar-refractivity contribution in [1.29, 1.82) is 0 Å². The minimum atomic E-state index is -3.98. The number of hydrogen-bond acceptors (Lipinski definition) is 8. The zero-order valence-electron chi connectivity index (χ0n) is 29.0. The number of benzene rings is 5. The number of rotatable bonds is 14. The van der Waals surface area contributed by atoms with Crippen LogP contribution in [0.15, 0.2) is 137 Å². The van der Waals surface area contributed by atoms with E-state index in [9.17, 15) is 18.3 Å². The molecule has 0 radical (unpaired) electrons. The minimum absolute atomic E-state index is 0.0375. The minimum Gasteiger partial charge on any atom is -0.496 e. The van der Waals surface area contributed by atoms with E-state index in [4.69, 9.17) is 14.2 Å². The Balaban J connectivity index is 1.18. The van der Waals surface area contributed by atoms with Crippen molar-refractivity contribution in [3.8, 4) is 5.75 Å². The van der Waals surface area contributed by atoms with Crippen molar-refractivity contribution >= 4 is 33.4 Å². The van der Waals surface area contributed by atoms with Gasteiger partial charge in [-0.05, 0) is 66.4 Å². The van der Waals surface area contributed by atoms with Crippen LogP contribution in [0.1, 0.15) is 46.6 Å². The van der Waals surface area contributed by atoms with Crippen LogP contribution in [0.25, 0.3) is 0 Å². The Kier molecular flexibility index (Phi) is 12.4. The van der Waals surface area contributed by atoms with E-state index in [1.807, 2.05) is 97.9 Å². The van der Waals surface area contributed by atoms with Crippen molar-refractivity contribution in [3.05, 3.63) is 155 Å². The molecule has 0 saturated carbocycles. The third-order valence-corrected chi connectivity index (χ3v) is 11.5. The van der Waals surface area contributed by atoms with Crippen LogP contribution in [0.4, 0.5) is 5.69 Å². The number of aliphatic hydroxyl groups is 1. The third kappa shape index (κ3) is 9.68. The lowest BCUT2D eigenvalue weighted by molar-refractivity contribution is -0.245. The molecule has 5 aromatic carbocycles. The van der Waals surface area contributed by atoms with Crippen LogP contribution in [-0.4, -0.2) is 44.4 Å². The highest BCUT2D eigenvalue weighted by molar-refractivity contribution is 7.99. The highest BCUT2D eigenvalue weighted by Crippen LogP contribution is 2.40. The molecule has 5 aromatic rings. The number of methoxy groups -OCH3 is 1. The molecule has 0 aliphatic carbocycles. The maximum Gasteiger partial charge on any atom is 0.242 e. The fraction of sp³-hybridized carbons (Fsp3) is 0.244. The fourth-order valence-corrected chi connectivity index (χ4v) is 8.15. The summed E-state index contributed by atoms with van der Waals surface area (Å²) in [5.41, 5.74) is 4.82. The van der Waals surface area contributed by atoms with E-state index in [1.54, 1.807) is 43.1 Å². The third-order valence-electron chi connectivity index (χ3n) is 8.79. The zero-order valence-corrected chi connectivity index (χ0v) is 30.6. The lowest BCUT2D eigenvalue weighted by Crippen LogP contribution is -2.45. The first-order valence-corrected chi connectivity index (χ1v) is 19.5. The van der Waals surface area contributed by atoms with Gasteiger partial charge in [0.1, 0.15) is 11.8 Å². The molecule has 4 atom stereocenters. The van der Waals surface area contributed by atoms with Crippen LogP contribution in [0, 0.1) is 6.92 Å². The fourth-order valence-electron chi connectivity index (χ4n) is 5.91. The molecule has 1 aliphatic heterocycles. The molecule has 1 saturated heterocycles. The van der Waals surface area contributed by atoms with E-state index in [1.165, 1.54) is 12.1 Å². The molecule has 0 unspecified atom stereocenters. The summed E-state index contributed by atoms with van der Waals surface area (Å²) in [7, 11) is -2.33. The van der Waals surface area contributed by atoms with Crippen LogP contribution in [0.5, 0.6) is 5.75 Å². The molecule has 11 heteroatoms. The molecule has 6 rings (SSSR count). The van der Waals surface area contributed by atoms with Gasteiger partial charge in [0.15, 0.2) is 6.29 Å². The molecule has 9 nitrogen and oxygen atoms in total. The summed E-state index contributed by atoms with van der Waals surface area (Å²) in [5, 5.41) is 12.4. The number of nitrogens with one attached hydrogen (secondary N) is 2. The number of carbonyl (C=O) groups is 1. The van der Waals surface area contributed by atoms with Gasteiger partial charge in [0.25, 0.3) is 0 Å². The number of amides is 1. The van der Waals surface area contributed by atoms with Gasteiger partial charge in [0, 0.05) is 28.3 Å². The summed E-state index contributed by atoms with van der Waals surface area (Å²) in [6.07, 6.45) is -0.303. The highest BCUT2D eigenvalue weighted by Gasteiger charge is 2.33. The quantitative estimate of drug-likeness (QED) is 0.101. The van der Waals surface area contributed by atoms with E-state index < -0.39 is 28.3 Å². The average molecular weight is 739 g/mol. The summed E-state index contributed by atoms with van der Waals surface area (Å²) in [6.45, 7) is 1.84. The monoisotopic (exact) mass is 738 g/mol. The second kappa shape index (κ2) is 17.4. The second-order valence-electron chi connectivity index (χ2n) is 12.6. The van der Waals surface area contributed by atoms with Gasteiger partial charge in [-0.3, -0.25) is 4.79 Å².